The summed E-state index contributed by atoms with van der Waals surface area (Å²) in [5.41, 5.74) is 0. The highest BCUT2D eigenvalue weighted by Gasteiger charge is 2.28. The summed E-state index contributed by atoms with van der Waals surface area (Å²) >= 11 is 0. The monoisotopic (exact) mass is 345 g/mol. The molecule has 1 N–H and O–H groups in total. The van der Waals surface area contributed by atoms with Crippen molar-refractivity contribution in [2.24, 2.45) is 5.92 Å². The van der Waals surface area contributed by atoms with Crippen LogP contribution in [0.3, 0.4) is 0 Å². The van der Waals surface area contributed by atoms with Crippen molar-refractivity contribution in [3.05, 3.63) is 18.5 Å². The minimum absolute atomic E-state index is 0.0124. The lowest BCUT2D eigenvalue weighted by Crippen LogP contribution is -2.49. The van der Waals surface area contributed by atoms with E-state index in [4.69, 9.17) is 0 Å². The largest absolute Gasteiger partial charge is 0.303 e. The van der Waals surface area contributed by atoms with Crippen LogP contribution in [0.2, 0.25) is 0 Å². The number of hydrogen-bond acceptors (Lipinski definition) is 5. The summed E-state index contributed by atoms with van der Waals surface area (Å²) in [5.74, 6) is 1.05. The van der Waals surface area contributed by atoms with Gasteiger partial charge < -0.3 is 4.90 Å². The lowest BCUT2D eigenvalue weighted by atomic mass is 9.96. The molecule has 0 spiro atoms. The Bertz CT molecular complexity index is 530. The minimum atomic E-state index is -0.143. The van der Waals surface area contributed by atoms with Gasteiger partial charge in [-0.3, -0.25) is 15.0 Å². The fourth-order valence-corrected chi connectivity index (χ4v) is 4.03. The van der Waals surface area contributed by atoms with E-state index in [0.29, 0.717) is 11.9 Å². The number of nitrogens with one attached hydrogen (secondary N) is 1. The van der Waals surface area contributed by atoms with E-state index in [-0.39, 0.29) is 11.9 Å². The first-order valence-corrected chi connectivity index (χ1v) is 9.76. The first-order valence-electron chi connectivity index (χ1n) is 9.76. The van der Waals surface area contributed by atoms with Gasteiger partial charge in [-0.05, 0) is 64.2 Å². The van der Waals surface area contributed by atoms with Gasteiger partial charge in [-0.1, -0.05) is 12.8 Å². The van der Waals surface area contributed by atoms with Crippen LogP contribution in [-0.4, -0.2) is 64.4 Å². The molecule has 2 atom stereocenters. The highest BCUT2D eigenvalue weighted by molar-refractivity contribution is 5.93. The molecule has 0 aromatic carbocycles. The van der Waals surface area contributed by atoms with Crippen LogP contribution in [0.1, 0.15) is 45.4 Å². The predicted octanol–water partition coefficient (Wildman–Crippen LogP) is 2.39. The Morgan fingerprint density at radius 3 is 2.60 bits per heavy atom. The Labute approximate surface area is 151 Å². The third-order valence-electron chi connectivity index (χ3n) is 5.49. The number of rotatable bonds is 5. The molecule has 2 aliphatic heterocycles. The lowest BCUT2D eigenvalue weighted by molar-refractivity contribution is -0.121. The van der Waals surface area contributed by atoms with Crippen LogP contribution in [0.25, 0.3) is 0 Å². The maximum Gasteiger partial charge on any atom is 0.243 e. The molecule has 6 nitrogen and oxygen atoms in total. The van der Waals surface area contributed by atoms with E-state index in [9.17, 15) is 4.79 Å². The Morgan fingerprint density at radius 1 is 1.16 bits per heavy atom. The second-order valence-corrected chi connectivity index (χ2v) is 7.46. The molecule has 2 saturated heterocycles. The summed E-state index contributed by atoms with van der Waals surface area (Å²) < 4.78 is 0. The summed E-state index contributed by atoms with van der Waals surface area (Å²) in [6.07, 6.45) is 11.2. The molecule has 25 heavy (non-hydrogen) atoms. The summed E-state index contributed by atoms with van der Waals surface area (Å²) in [7, 11) is 0. The lowest BCUT2D eigenvalue weighted by Gasteiger charge is -2.38. The van der Waals surface area contributed by atoms with Gasteiger partial charge >= 0.3 is 0 Å². The van der Waals surface area contributed by atoms with Gasteiger partial charge in [0.05, 0.1) is 6.04 Å². The maximum atomic E-state index is 12.5. The molecule has 1 aromatic heterocycles. The van der Waals surface area contributed by atoms with Gasteiger partial charge in [0.2, 0.25) is 11.9 Å². The average molecular weight is 345 g/mol. The quantitative estimate of drug-likeness (QED) is 0.888. The van der Waals surface area contributed by atoms with Crippen molar-refractivity contribution in [2.75, 3.05) is 38.0 Å². The Kier molecular flexibility index (Phi) is 6.76. The molecule has 3 heterocycles. The van der Waals surface area contributed by atoms with Crippen LogP contribution in [0, 0.1) is 5.92 Å². The molecule has 0 bridgehead atoms. The van der Waals surface area contributed by atoms with Gasteiger partial charge in [0.15, 0.2) is 0 Å². The van der Waals surface area contributed by atoms with Crippen LogP contribution in [0.15, 0.2) is 18.5 Å². The second-order valence-electron chi connectivity index (χ2n) is 7.46. The summed E-state index contributed by atoms with van der Waals surface area (Å²) in [6, 6.07) is 1.60. The number of piperidine rings is 1. The van der Waals surface area contributed by atoms with E-state index in [1.807, 2.05) is 6.92 Å². The molecule has 2 aliphatic rings. The molecular weight excluding hydrogens is 314 g/mol. The highest BCUT2D eigenvalue weighted by Crippen LogP contribution is 2.21. The van der Waals surface area contributed by atoms with E-state index in [2.05, 4.69) is 25.1 Å². The number of amides is 1. The Hall–Kier alpha value is -1.53. The highest BCUT2D eigenvalue weighted by atomic mass is 16.2. The molecule has 0 saturated carbocycles. The summed E-state index contributed by atoms with van der Waals surface area (Å²) in [5, 5.41) is 2.83. The second kappa shape index (κ2) is 9.25. The van der Waals surface area contributed by atoms with E-state index < -0.39 is 0 Å². The van der Waals surface area contributed by atoms with Crippen LogP contribution < -0.4 is 5.32 Å². The van der Waals surface area contributed by atoms with Gasteiger partial charge in [0.25, 0.3) is 0 Å². The molecule has 0 radical (unpaired) electrons. The standard InChI is InChI=1S/C19H31N5O/c1-16(18(25)22-19-20-9-7-10-21-19)24-13-6-8-17(15-24)14-23-11-4-2-3-5-12-23/h7,9-10,16-17H,2-6,8,11-15H2,1H3,(H,20,21,22,25)/t16-,17+/m1/s1. The van der Waals surface area contributed by atoms with Crippen LogP contribution in [0.5, 0.6) is 0 Å². The van der Waals surface area contributed by atoms with Crippen LogP contribution in [0.4, 0.5) is 5.95 Å². The Balaban J connectivity index is 1.50. The van der Waals surface area contributed by atoms with Crippen molar-refractivity contribution < 1.29 is 4.79 Å². The first-order chi connectivity index (χ1) is 12.2. The number of hydrogen-bond donors (Lipinski definition) is 1. The topological polar surface area (TPSA) is 61.4 Å². The number of likely N-dealkylation sites (tertiary alicyclic amines) is 2. The van der Waals surface area contributed by atoms with Crippen molar-refractivity contribution in [2.45, 2.75) is 51.5 Å². The van der Waals surface area contributed by atoms with Gasteiger partial charge in [0.1, 0.15) is 0 Å². The number of carbonyl (C=O) groups is 1. The first kappa shape index (κ1) is 18.3. The van der Waals surface area contributed by atoms with Gasteiger partial charge in [-0.25, -0.2) is 9.97 Å². The number of nitrogens with zero attached hydrogens (tertiary/aromatic N) is 4. The van der Waals surface area contributed by atoms with E-state index in [1.165, 1.54) is 58.2 Å². The minimum Gasteiger partial charge on any atom is -0.303 e. The Morgan fingerprint density at radius 2 is 1.88 bits per heavy atom. The zero-order chi connectivity index (χ0) is 17.5. The smallest absolute Gasteiger partial charge is 0.243 e. The number of aromatic nitrogens is 2. The molecular formula is C19H31N5O. The SMILES string of the molecule is C[C@H](C(=O)Nc1ncccn1)N1CCC[C@@H](CN2CCCCCC2)C1. The van der Waals surface area contributed by atoms with Gasteiger partial charge in [0, 0.05) is 25.5 Å². The van der Waals surface area contributed by atoms with E-state index in [0.717, 1.165) is 13.1 Å². The molecule has 1 amide bonds. The third kappa shape index (κ3) is 5.47. The summed E-state index contributed by atoms with van der Waals surface area (Å²) in [6.45, 7) is 7.69. The fraction of sp³-hybridized carbons (Fsp3) is 0.737. The van der Waals surface area contributed by atoms with Crippen molar-refractivity contribution in [3.8, 4) is 0 Å². The zero-order valence-corrected chi connectivity index (χ0v) is 15.4. The fourth-order valence-electron chi connectivity index (χ4n) is 4.03. The van der Waals surface area contributed by atoms with Crippen molar-refractivity contribution >= 4 is 11.9 Å². The van der Waals surface area contributed by atoms with Gasteiger partial charge in [-0.15, -0.1) is 0 Å². The van der Waals surface area contributed by atoms with Crippen LogP contribution in [-0.2, 0) is 4.79 Å². The molecule has 1 aromatic rings. The third-order valence-corrected chi connectivity index (χ3v) is 5.49. The van der Waals surface area contributed by atoms with E-state index >= 15 is 0 Å². The summed E-state index contributed by atoms with van der Waals surface area (Å²) in [4.78, 5) is 25.6. The maximum absolute atomic E-state index is 12.5. The molecule has 138 valence electrons. The number of anilines is 1. The zero-order valence-electron chi connectivity index (χ0n) is 15.4. The van der Waals surface area contributed by atoms with Crippen molar-refractivity contribution in [1.82, 2.24) is 19.8 Å². The van der Waals surface area contributed by atoms with Gasteiger partial charge in [-0.2, -0.15) is 0 Å². The average Bonchev–Trinajstić information content (AvgIpc) is 2.91. The van der Waals surface area contributed by atoms with E-state index in [1.54, 1.807) is 18.5 Å². The molecule has 3 rings (SSSR count). The van der Waals surface area contributed by atoms with Crippen LogP contribution >= 0.6 is 0 Å². The van der Waals surface area contributed by atoms with Crippen molar-refractivity contribution in [3.63, 3.8) is 0 Å². The molecule has 0 aliphatic carbocycles. The predicted molar refractivity (Wildman–Crippen MR) is 99.3 cm³/mol. The molecule has 2 fully saturated rings. The number of carbonyl (C=O) groups excluding carboxylic acids is 1. The molecule has 0 unspecified atom stereocenters. The molecule has 6 heteroatoms. The normalized spacial score (nSPS) is 24.4. The van der Waals surface area contributed by atoms with Crippen molar-refractivity contribution in [1.29, 1.82) is 0 Å².